The molecule has 0 radical (unpaired) electrons. The largest absolute Gasteiger partial charge is 0.420 e. The Balaban J connectivity index is 4.19. The van der Waals surface area contributed by atoms with Gasteiger partial charge >= 0.3 is 12.0 Å². The molecule has 0 fully saturated rings. The fraction of sp³-hybridized carbons (Fsp3) is 0.333. The molecule has 0 aromatic rings. The molecule has 0 spiro atoms. The van der Waals surface area contributed by atoms with Gasteiger partial charge in [0.05, 0.1) is 0 Å². The summed E-state index contributed by atoms with van der Waals surface area (Å²) in [6.07, 6.45) is 0. The highest BCUT2D eigenvalue weighted by molar-refractivity contribution is 5.79. The Hall–Kier alpha value is -1.05. The van der Waals surface area contributed by atoms with Crippen molar-refractivity contribution in [2.24, 2.45) is 0 Å². The summed E-state index contributed by atoms with van der Waals surface area (Å²) in [5.74, 6) is -4.46. The molecule has 0 rings (SSSR count). The second kappa shape index (κ2) is 1.82. The van der Waals surface area contributed by atoms with Gasteiger partial charge in [0.2, 0.25) is 0 Å². The van der Waals surface area contributed by atoms with Crippen LogP contribution in [0.5, 0.6) is 0 Å². The highest BCUT2D eigenvalue weighted by Crippen LogP contribution is 2.12. The summed E-state index contributed by atoms with van der Waals surface area (Å²) in [5.41, 5.74) is 0. The zero-order chi connectivity index (χ0) is 6.78. The maximum atomic E-state index is 11.2. The van der Waals surface area contributed by atoms with Gasteiger partial charge in [0.15, 0.2) is 0 Å². The van der Waals surface area contributed by atoms with Gasteiger partial charge in [-0.25, -0.2) is 0 Å². The molecule has 0 saturated heterocycles. The predicted octanol–water partition coefficient (Wildman–Crippen LogP) is 0.641. The summed E-state index contributed by atoms with van der Waals surface area (Å²) < 4.78 is 33.2. The topological polar surface area (TPSA) is 40.9 Å². The molecule has 8 heavy (non-hydrogen) atoms. The van der Waals surface area contributed by atoms with Crippen molar-refractivity contribution in [2.75, 3.05) is 0 Å². The summed E-state index contributed by atoms with van der Waals surface area (Å²) in [7, 11) is 0. The summed E-state index contributed by atoms with van der Waals surface area (Å²) >= 11 is 0. The molecule has 0 atom stereocenters. The van der Waals surface area contributed by atoms with Gasteiger partial charge in [-0.2, -0.15) is 18.4 Å². The molecule has 0 aliphatic carbocycles. The highest BCUT2D eigenvalue weighted by Gasteiger charge is 2.39. The zero-order valence-corrected chi connectivity index (χ0v) is 3.49. The van der Waals surface area contributed by atoms with E-state index in [1.54, 1.807) is 0 Å². The minimum atomic E-state index is -4.46. The average Bonchev–Trinajstić information content (AvgIpc) is 1.67. The number of rotatable bonds is 1. The number of hydrogen-bond donors (Lipinski definition) is 0. The number of carbonyl (C=O) groups is 1. The number of hydrogen-bond acceptors (Lipinski definition) is 2. The number of alkyl halides is 2. The lowest BCUT2D eigenvalue weighted by molar-refractivity contribution is -0.148. The van der Waals surface area contributed by atoms with Gasteiger partial charge in [0.25, 0.3) is 0 Å². The lowest BCUT2D eigenvalue weighted by Crippen LogP contribution is -2.21. The van der Waals surface area contributed by atoms with E-state index in [9.17, 15) is 13.2 Å². The van der Waals surface area contributed by atoms with Crippen LogP contribution in [-0.2, 0) is 4.79 Å². The van der Waals surface area contributed by atoms with E-state index in [2.05, 4.69) is 0 Å². The average molecular weight is 123 g/mol. The normalized spacial score (nSPS) is 10.2. The first-order valence-corrected chi connectivity index (χ1v) is 1.49. The lowest BCUT2D eigenvalue weighted by atomic mass is 10.4. The molecule has 0 heterocycles. The van der Waals surface area contributed by atoms with Crippen molar-refractivity contribution < 1.29 is 18.0 Å². The smallest absolute Gasteiger partial charge is 0.253 e. The molecule has 0 aliphatic rings. The first-order chi connectivity index (χ1) is 3.50. The van der Waals surface area contributed by atoms with Gasteiger partial charge in [0.1, 0.15) is 6.07 Å². The third-order valence-electron chi connectivity index (χ3n) is 0.387. The third kappa shape index (κ3) is 1.22. The molecular weight excluding hydrogens is 123 g/mol. The highest BCUT2D eigenvalue weighted by atomic mass is 19.3. The second-order valence-electron chi connectivity index (χ2n) is 0.960. The van der Waals surface area contributed by atoms with E-state index in [4.69, 9.17) is 10.1 Å². The molecule has 0 saturated carbocycles. The Kier molecular flexibility index (Phi) is 1.58. The number of carbonyl (C=O) groups excluding carboxylic acids is 1. The predicted molar refractivity (Wildman–Crippen MR) is 16.7 cm³/mol. The van der Waals surface area contributed by atoms with E-state index in [0.29, 0.717) is 0 Å². The Morgan fingerprint density at radius 2 is 2.00 bits per heavy atom. The Bertz CT molecular complexity index is 147. The van der Waals surface area contributed by atoms with Crippen LogP contribution in [-0.4, -0.2) is 12.0 Å². The van der Waals surface area contributed by atoms with Crippen LogP contribution in [0.4, 0.5) is 13.2 Å². The van der Waals surface area contributed by atoms with Crippen molar-refractivity contribution in [1.82, 2.24) is 0 Å². The van der Waals surface area contributed by atoms with Gasteiger partial charge in [-0.15, -0.1) is 0 Å². The van der Waals surface area contributed by atoms with Gasteiger partial charge < -0.3 is 0 Å². The van der Waals surface area contributed by atoms with Crippen LogP contribution in [0.2, 0.25) is 0 Å². The molecule has 5 heteroatoms. The molecule has 0 aromatic heterocycles. The Morgan fingerprint density at radius 1 is 1.62 bits per heavy atom. The molecule has 0 unspecified atom stereocenters. The molecule has 44 valence electrons. The minimum Gasteiger partial charge on any atom is -0.253 e. The van der Waals surface area contributed by atoms with E-state index in [-0.39, 0.29) is 6.07 Å². The minimum absolute atomic E-state index is 0.183. The first-order valence-electron chi connectivity index (χ1n) is 1.49. The summed E-state index contributed by atoms with van der Waals surface area (Å²) in [6, 6.07) is -2.73. The van der Waals surface area contributed by atoms with E-state index >= 15 is 0 Å². The Morgan fingerprint density at radius 3 is 2.00 bits per heavy atom. The summed E-state index contributed by atoms with van der Waals surface area (Å²) in [5, 5.41) is 7.30. The lowest BCUT2D eigenvalue weighted by Gasteiger charge is -1.93. The standard InChI is InChI=1S/C3F3NO/c4-2(8)3(5,6)1-7. The van der Waals surface area contributed by atoms with Gasteiger partial charge in [-0.05, 0) is 0 Å². The van der Waals surface area contributed by atoms with Crippen LogP contribution in [0.25, 0.3) is 0 Å². The molecular formula is C3F3NO. The van der Waals surface area contributed by atoms with E-state index in [1.165, 1.54) is 0 Å². The fourth-order valence-corrected chi connectivity index (χ4v) is 0.0440. The zero-order valence-electron chi connectivity index (χ0n) is 3.49. The van der Waals surface area contributed by atoms with Crippen molar-refractivity contribution >= 4 is 6.04 Å². The molecule has 0 aliphatic heterocycles. The number of nitrogens with zero attached hydrogens (tertiary/aromatic N) is 1. The first kappa shape index (κ1) is 6.95. The van der Waals surface area contributed by atoms with Gasteiger partial charge in [0, 0.05) is 0 Å². The number of nitriles is 1. The molecule has 0 amide bonds. The SMILES string of the molecule is N#CC(F)(F)C(=O)F. The van der Waals surface area contributed by atoms with Crippen LogP contribution >= 0.6 is 0 Å². The monoisotopic (exact) mass is 123 g/mol. The van der Waals surface area contributed by atoms with Gasteiger partial charge in [-0.1, -0.05) is 0 Å². The number of halogens is 3. The molecule has 2 nitrogen and oxygen atoms in total. The van der Waals surface area contributed by atoms with Crippen molar-refractivity contribution in [2.45, 2.75) is 5.92 Å². The molecule has 0 bridgehead atoms. The van der Waals surface area contributed by atoms with Crippen molar-refractivity contribution in [3.8, 4) is 6.07 Å². The van der Waals surface area contributed by atoms with E-state index in [1.807, 2.05) is 0 Å². The summed E-state index contributed by atoms with van der Waals surface area (Å²) in [4.78, 5) is 9.06. The van der Waals surface area contributed by atoms with Crippen molar-refractivity contribution in [3.63, 3.8) is 0 Å². The van der Waals surface area contributed by atoms with Gasteiger partial charge in [-0.3, -0.25) is 4.79 Å². The van der Waals surface area contributed by atoms with E-state index < -0.39 is 12.0 Å². The van der Waals surface area contributed by atoms with Crippen LogP contribution in [0.3, 0.4) is 0 Å². The quantitative estimate of drug-likeness (QED) is 0.480. The fourth-order valence-electron chi connectivity index (χ4n) is 0.0440. The van der Waals surface area contributed by atoms with Crippen LogP contribution in [0.1, 0.15) is 0 Å². The third-order valence-corrected chi connectivity index (χ3v) is 0.387. The molecule has 0 aromatic carbocycles. The molecule has 0 N–H and O–H groups in total. The Labute approximate surface area is 42.5 Å². The maximum Gasteiger partial charge on any atom is 0.420 e. The van der Waals surface area contributed by atoms with Crippen molar-refractivity contribution in [1.29, 1.82) is 5.26 Å². The van der Waals surface area contributed by atoms with Crippen LogP contribution < -0.4 is 0 Å². The van der Waals surface area contributed by atoms with Crippen LogP contribution in [0, 0.1) is 11.3 Å². The second-order valence-corrected chi connectivity index (χ2v) is 0.960. The van der Waals surface area contributed by atoms with Crippen LogP contribution in [0.15, 0.2) is 0 Å². The summed E-state index contributed by atoms with van der Waals surface area (Å²) in [6.45, 7) is 0. The maximum absolute atomic E-state index is 11.2. The van der Waals surface area contributed by atoms with E-state index in [0.717, 1.165) is 0 Å². The van der Waals surface area contributed by atoms with Crippen molar-refractivity contribution in [3.05, 3.63) is 0 Å².